The van der Waals surface area contributed by atoms with E-state index in [0.717, 1.165) is 17.5 Å². The average molecular weight is 308 g/mol. The highest BCUT2D eigenvalue weighted by molar-refractivity contribution is 9.10. The van der Waals surface area contributed by atoms with Gasteiger partial charge in [0, 0.05) is 4.47 Å². The lowest BCUT2D eigenvalue weighted by molar-refractivity contribution is 0.625. The van der Waals surface area contributed by atoms with Crippen molar-refractivity contribution in [3.05, 3.63) is 69.4 Å². The molecule has 1 atom stereocenters. The number of rotatable bonds is 3. The Hall–Kier alpha value is -1.19. The molecule has 3 heteroatoms. The fraction of sp³-hybridized carbons (Fsp3) is 0.200. The molecule has 0 aliphatic heterocycles. The van der Waals surface area contributed by atoms with Crippen LogP contribution in [0.4, 0.5) is 4.39 Å². The van der Waals surface area contributed by atoms with E-state index in [2.05, 4.69) is 35.0 Å². The molecule has 18 heavy (non-hydrogen) atoms. The van der Waals surface area contributed by atoms with Gasteiger partial charge in [-0.15, -0.1) is 0 Å². The Morgan fingerprint density at radius 2 is 2.00 bits per heavy atom. The Labute approximate surface area is 115 Å². The van der Waals surface area contributed by atoms with Crippen molar-refractivity contribution in [1.29, 1.82) is 0 Å². The minimum absolute atomic E-state index is 0.244. The van der Waals surface area contributed by atoms with Gasteiger partial charge in [0.25, 0.3) is 0 Å². The van der Waals surface area contributed by atoms with Gasteiger partial charge in [-0.3, -0.25) is 0 Å². The third kappa shape index (κ3) is 2.79. The number of hydrogen-bond acceptors (Lipinski definition) is 1. The zero-order valence-electron chi connectivity index (χ0n) is 10.2. The van der Waals surface area contributed by atoms with Crippen LogP contribution in [0.2, 0.25) is 0 Å². The molecule has 0 amide bonds. The first kappa shape index (κ1) is 13.2. The van der Waals surface area contributed by atoms with Crippen LogP contribution in [-0.2, 0) is 6.42 Å². The predicted octanol–water partition coefficient (Wildman–Crippen LogP) is 4.20. The van der Waals surface area contributed by atoms with E-state index >= 15 is 0 Å². The van der Waals surface area contributed by atoms with Gasteiger partial charge in [0.15, 0.2) is 0 Å². The molecule has 0 fully saturated rings. The highest BCUT2D eigenvalue weighted by Gasteiger charge is 2.13. The van der Waals surface area contributed by atoms with Gasteiger partial charge in [-0.05, 0) is 35.2 Å². The average Bonchev–Trinajstić information content (AvgIpc) is 2.38. The van der Waals surface area contributed by atoms with Crippen molar-refractivity contribution in [3.8, 4) is 0 Å². The summed E-state index contributed by atoms with van der Waals surface area (Å²) in [6.07, 6.45) is 0.977. The summed E-state index contributed by atoms with van der Waals surface area (Å²) in [5.41, 5.74) is 9.43. The van der Waals surface area contributed by atoms with Crippen molar-refractivity contribution >= 4 is 15.9 Å². The van der Waals surface area contributed by atoms with Crippen LogP contribution in [0.3, 0.4) is 0 Å². The van der Waals surface area contributed by atoms with Gasteiger partial charge in [0.2, 0.25) is 0 Å². The first-order valence-electron chi connectivity index (χ1n) is 5.91. The normalized spacial score (nSPS) is 12.4. The number of aryl methyl sites for hydroxylation is 1. The van der Waals surface area contributed by atoms with E-state index in [0.29, 0.717) is 4.47 Å². The van der Waals surface area contributed by atoms with Gasteiger partial charge in [-0.25, -0.2) is 4.39 Å². The summed E-state index contributed by atoms with van der Waals surface area (Å²) in [6.45, 7) is 2.11. The third-order valence-electron chi connectivity index (χ3n) is 3.02. The summed E-state index contributed by atoms with van der Waals surface area (Å²) in [5, 5.41) is 0. The molecule has 1 nitrogen and oxygen atoms in total. The summed E-state index contributed by atoms with van der Waals surface area (Å²) in [7, 11) is 0. The SMILES string of the molecule is CCc1cccc(C(N)c2ccc(F)cc2Br)c1. The van der Waals surface area contributed by atoms with Crippen molar-refractivity contribution in [3.63, 3.8) is 0 Å². The van der Waals surface area contributed by atoms with Crippen molar-refractivity contribution < 1.29 is 4.39 Å². The van der Waals surface area contributed by atoms with Gasteiger partial charge in [0.05, 0.1) is 6.04 Å². The first-order chi connectivity index (χ1) is 8.61. The molecule has 1 unspecified atom stereocenters. The van der Waals surface area contributed by atoms with E-state index in [1.807, 2.05) is 12.1 Å². The third-order valence-corrected chi connectivity index (χ3v) is 3.70. The van der Waals surface area contributed by atoms with Gasteiger partial charge in [-0.1, -0.05) is 53.2 Å². The largest absolute Gasteiger partial charge is 0.320 e. The predicted molar refractivity (Wildman–Crippen MR) is 76.0 cm³/mol. The summed E-state index contributed by atoms with van der Waals surface area (Å²) in [5.74, 6) is -0.264. The van der Waals surface area contributed by atoms with E-state index in [1.165, 1.54) is 17.7 Å². The maximum Gasteiger partial charge on any atom is 0.124 e. The monoisotopic (exact) mass is 307 g/mol. The molecule has 0 heterocycles. The molecule has 2 rings (SSSR count). The van der Waals surface area contributed by atoms with Gasteiger partial charge in [0.1, 0.15) is 5.82 Å². The maximum atomic E-state index is 13.1. The maximum absolute atomic E-state index is 13.1. The van der Waals surface area contributed by atoms with Gasteiger partial charge < -0.3 is 5.73 Å². The van der Waals surface area contributed by atoms with E-state index in [9.17, 15) is 4.39 Å². The van der Waals surface area contributed by atoms with Crippen molar-refractivity contribution in [2.75, 3.05) is 0 Å². The molecule has 94 valence electrons. The zero-order chi connectivity index (χ0) is 13.1. The van der Waals surface area contributed by atoms with Crippen LogP contribution in [0.1, 0.15) is 29.7 Å². The molecule has 2 aromatic rings. The van der Waals surface area contributed by atoms with E-state index in [1.54, 1.807) is 6.07 Å². The summed E-state index contributed by atoms with van der Waals surface area (Å²) in [6, 6.07) is 12.5. The van der Waals surface area contributed by atoms with Crippen LogP contribution in [0.25, 0.3) is 0 Å². The second-order valence-corrected chi connectivity index (χ2v) is 5.10. The highest BCUT2D eigenvalue weighted by atomic mass is 79.9. The second-order valence-electron chi connectivity index (χ2n) is 4.24. The molecule has 0 saturated carbocycles. The summed E-state index contributed by atoms with van der Waals surface area (Å²) < 4.78 is 13.8. The van der Waals surface area contributed by atoms with Gasteiger partial charge in [-0.2, -0.15) is 0 Å². The molecule has 0 radical (unpaired) electrons. The number of benzene rings is 2. The van der Waals surface area contributed by atoms with Crippen LogP contribution < -0.4 is 5.73 Å². The van der Waals surface area contributed by atoms with Crippen molar-refractivity contribution in [2.45, 2.75) is 19.4 Å². The topological polar surface area (TPSA) is 26.0 Å². The van der Waals surface area contributed by atoms with E-state index in [4.69, 9.17) is 5.73 Å². The molecule has 0 bridgehead atoms. The lowest BCUT2D eigenvalue weighted by atomic mass is 9.97. The molecular weight excluding hydrogens is 293 g/mol. The molecule has 0 spiro atoms. The minimum Gasteiger partial charge on any atom is -0.320 e. The van der Waals surface area contributed by atoms with E-state index in [-0.39, 0.29) is 11.9 Å². The zero-order valence-corrected chi connectivity index (χ0v) is 11.7. The first-order valence-corrected chi connectivity index (χ1v) is 6.70. The minimum atomic E-state index is -0.264. The fourth-order valence-corrected chi connectivity index (χ4v) is 2.54. The Morgan fingerprint density at radius 3 is 2.67 bits per heavy atom. The van der Waals surface area contributed by atoms with E-state index < -0.39 is 0 Å². The Balaban J connectivity index is 2.37. The smallest absolute Gasteiger partial charge is 0.124 e. The summed E-state index contributed by atoms with van der Waals surface area (Å²) >= 11 is 3.36. The second kappa shape index (κ2) is 5.63. The highest BCUT2D eigenvalue weighted by Crippen LogP contribution is 2.27. The Morgan fingerprint density at radius 1 is 1.22 bits per heavy atom. The molecule has 0 aromatic heterocycles. The lowest BCUT2D eigenvalue weighted by Gasteiger charge is -2.15. The molecule has 2 N–H and O–H groups in total. The summed E-state index contributed by atoms with van der Waals surface area (Å²) in [4.78, 5) is 0. The van der Waals surface area contributed by atoms with Crippen LogP contribution in [-0.4, -0.2) is 0 Å². The van der Waals surface area contributed by atoms with Crippen LogP contribution in [0, 0.1) is 5.82 Å². The Bertz CT molecular complexity index is 554. The van der Waals surface area contributed by atoms with Crippen molar-refractivity contribution in [2.24, 2.45) is 5.73 Å². The van der Waals surface area contributed by atoms with Gasteiger partial charge >= 0.3 is 0 Å². The standard InChI is InChI=1S/C15H15BrFN/c1-2-10-4-3-5-11(8-10)15(18)13-7-6-12(17)9-14(13)16/h3-9,15H,2,18H2,1H3. The molecule has 0 aliphatic rings. The van der Waals surface area contributed by atoms with Crippen LogP contribution in [0.15, 0.2) is 46.9 Å². The Kier molecular flexibility index (Phi) is 4.15. The number of nitrogens with two attached hydrogens (primary N) is 1. The fourth-order valence-electron chi connectivity index (χ4n) is 1.94. The van der Waals surface area contributed by atoms with Crippen LogP contribution in [0.5, 0.6) is 0 Å². The molecule has 0 saturated heterocycles. The molecule has 2 aromatic carbocycles. The van der Waals surface area contributed by atoms with Crippen molar-refractivity contribution in [1.82, 2.24) is 0 Å². The number of halogens is 2. The number of hydrogen-bond donors (Lipinski definition) is 1. The quantitative estimate of drug-likeness (QED) is 0.903. The lowest BCUT2D eigenvalue weighted by Crippen LogP contribution is -2.12. The molecule has 0 aliphatic carbocycles. The van der Waals surface area contributed by atoms with Crippen LogP contribution >= 0.6 is 15.9 Å². The molecular formula is C15H15BrFN.